The van der Waals surface area contributed by atoms with Gasteiger partial charge in [-0.3, -0.25) is 19.6 Å². The van der Waals surface area contributed by atoms with Crippen molar-refractivity contribution < 1.29 is 31.1 Å². The minimum Gasteiger partial charge on any atom is -0.483 e. The van der Waals surface area contributed by atoms with Gasteiger partial charge < -0.3 is 15.8 Å². The number of carbonyl (C=O) groups excluding carboxylic acids is 1. The van der Waals surface area contributed by atoms with Gasteiger partial charge in [-0.2, -0.15) is 13.9 Å². The Morgan fingerprint density at radius 1 is 1.12 bits per heavy atom. The molecule has 2 heterocycles. The number of carbonyl (C=O) groups is 1. The Morgan fingerprint density at radius 2 is 1.88 bits per heavy atom. The van der Waals surface area contributed by atoms with Crippen LogP contribution in [0.4, 0.5) is 30.5 Å². The summed E-state index contributed by atoms with van der Waals surface area (Å²) in [5.74, 6) is -4.66. The van der Waals surface area contributed by atoms with Gasteiger partial charge in [-0.25, -0.2) is 17.8 Å². The number of aromatic amines is 1. The number of nitrogens with two attached hydrogens (primary N) is 1. The summed E-state index contributed by atoms with van der Waals surface area (Å²) in [4.78, 5) is 20.5. The quantitative estimate of drug-likeness (QED) is 0.196. The lowest BCUT2D eigenvalue weighted by Crippen LogP contribution is -2.26. The Bertz CT molecular complexity index is 1650. The fourth-order valence-electron chi connectivity index (χ4n) is 4.39. The minimum atomic E-state index is -5.05. The molecule has 214 valence electrons. The lowest BCUT2D eigenvalue weighted by Gasteiger charge is -2.34. The highest BCUT2D eigenvalue weighted by Gasteiger charge is 2.32. The van der Waals surface area contributed by atoms with Crippen LogP contribution in [0, 0.1) is 11.7 Å². The fraction of sp³-hybridized carbons (Fsp3) is 0.231. The van der Waals surface area contributed by atoms with Crippen molar-refractivity contribution in [1.82, 2.24) is 20.2 Å². The molecule has 2 aromatic heterocycles. The second-order valence-electron chi connectivity index (χ2n) is 9.30. The van der Waals surface area contributed by atoms with Gasteiger partial charge >= 0.3 is 5.76 Å². The maximum Gasteiger partial charge on any atom is 0.355 e. The van der Waals surface area contributed by atoms with E-state index in [0.29, 0.717) is 11.4 Å². The summed E-state index contributed by atoms with van der Waals surface area (Å²) < 4.78 is 72.4. The molecule has 1 aliphatic carbocycles. The van der Waals surface area contributed by atoms with Gasteiger partial charge in [-0.1, -0.05) is 24.6 Å². The summed E-state index contributed by atoms with van der Waals surface area (Å²) in [5, 5.41) is 9.75. The summed E-state index contributed by atoms with van der Waals surface area (Å²) in [6, 6.07) is 9.62. The second-order valence-corrected chi connectivity index (χ2v) is 11.0. The number of aromatic nitrogens is 4. The molecular weight excluding hydrogens is 563 g/mol. The Kier molecular flexibility index (Phi) is 7.79. The van der Waals surface area contributed by atoms with Crippen molar-refractivity contribution in [3.05, 3.63) is 78.0 Å². The Labute approximate surface area is 232 Å². The number of rotatable bonds is 11. The molecule has 1 fully saturated rings. The van der Waals surface area contributed by atoms with Gasteiger partial charge in [-0.05, 0) is 42.7 Å². The maximum atomic E-state index is 13.6. The molecule has 0 bridgehead atoms. The molecule has 41 heavy (non-hydrogen) atoms. The lowest BCUT2D eigenvalue weighted by molar-refractivity contribution is 0.0845. The Morgan fingerprint density at radius 3 is 2.49 bits per heavy atom. The maximum absolute atomic E-state index is 13.6. The standard InChI is InChI=1S/C26H24F3N7O4S/c27-17-7-4-15(5-8-17)23(14-2-1-3-14)40-19-12-16(6-9-18(19)36-41(38,39)26(28)29)22-21(24(30)37)25(35-34-22)33-20-13-31-10-11-32-20/h4-14,23,26,36H,1-3H2,(H2,30,37)(H2,32,33,34,35). The Balaban J connectivity index is 1.57. The van der Waals surface area contributed by atoms with Gasteiger partial charge in [0.15, 0.2) is 0 Å². The van der Waals surface area contributed by atoms with Gasteiger partial charge in [0.25, 0.3) is 15.9 Å². The molecule has 5 N–H and O–H groups in total. The third kappa shape index (κ3) is 6.09. The topological polar surface area (TPSA) is 165 Å². The molecule has 5 rings (SSSR count). The molecule has 1 saturated carbocycles. The summed E-state index contributed by atoms with van der Waals surface area (Å²) in [7, 11) is -5.05. The van der Waals surface area contributed by atoms with E-state index in [1.807, 2.05) is 4.72 Å². The number of alkyl halides is 2. The number of benzene rings is 2. The molecule has 2 aromatic carbocycles. The third-order valence-corrected chi connectivity index (χ3v) is 7.57. The van der Waals surface area contributed by atoms with Crippen molar-refractivity contribution in [2.45, 2.75) is 31.1 Å². The van der Waals surface area contributed by atoms with Crippen LogP contribution in [0.2, 0.25) is 0 Å². The summed E-state index contributed by atoms with van der Waals surface area (Å²) in [6.45, 7) is 0. The van der Waals surface area contributed by atoms with Crippen molar-refractivity contribution in [3.63, 3.8) is 0 Å². The first-order valence-electron chi connectivity index (χ1n) is 12.4. The van der Waals surface area contributed by atoms with E-state index in [-0.39, 0.29) is 40.0 Å². The van der Waals surface area contributed by atoms with E-state index in [2.05, 4.69) is 25.5 Å². The molecular formula is C26H24F3N7O4S. The first kappa shape index (κ1) is 27.9. The molecule has 0 spiro atoms. The van der Waals surface area contributed by atoms with Crippen molar-refractivity contribution in [2.24, 2.45) is 11.7 Å². The number of nitrogens with zero attached hydrogens (tertiary/aromatic N) is 3. The summed E-state index contributed by atoms with van der Waals surface area (Å²) in [6.07, 6.45) is 6.20. The number of H-pyrrole nitrogens is 1. The van der Waals surface area contributed by atoms with E-state index in [1.54, 1.807) is 12.1 Å². The number of nitrogens with one attached hydrogen (secondary N) is 3. The largest absolute Gasteiger partial charge is 0.483 e. The van der Waals surface area contributed by atoms with E-state index in [1.165, 1.54) is 48.9 Å². The van der Waals surface area contributed by atoms with Crippen molar-refractivity contribution in [3.8, 4) is 17.0 Å². The van der Waals surface area contributed by atoms with Gasteiger partial charge in [0.1, 0.15) is 40.6 Å². The van der Waals surface area contributed by atoms with E-state index in [9.17, 15) is 26.4 Å². The second kappa shape index (κ2) is 11.4. The minimum absolute atomic E-state index is 0.0121. The zero-order valence-corrected chi connectivity index (χ0v) is 22.0. The van der Waals surface area contributed by atoms with Crippen LogP contribution < -0.4 is 20.5 Å². The molecule has 4 aromatic rings. The predicted octanol–water partition coefficient (Wildman–Crippen LogP) is 4.73. The molecule has 1 unspecified atom stereocenters. The highest BCUT2D eigenvalue weighted by atomic mass is 32.2. The van der Waals surface area contributed by atoms with Crippen LogP contribution in [0.1, 0.15) is 41.3 Å². The van der Waals surface area contributed by atoms with Crippen LogP contribution in [0.5, 0.6) is 5.75 Å². The highest BCUT2D eigenvalue weighted by molar-refractivity contribution is 7.93. The number of primary amides is 1. The zero-order valence-electron chi connectivity index (χ0n) is 21.2. The molecule has 1 amide bonds. The molecule has 0 aliphatic heterocycles. The van der Waals surface area contributed by atoms with E-state index in [4.69, 9.17) is 10.5 Å². The van der Waals surface area contributed by atoms with Gasteiger partial charge in [-0.15, -0.1) is 0 Å². The van der Waals surface area contributed by atoms with E-state index < -0.39 is 33.6 Å². The smallest absolute Gasteiger partial charge is 0.355 e. The number of halogens is 3. The van der Waals surface area contributed by atoms with Crippen LogP contribution >= 0.6 is 0 Å². The molecule has 11 nitrogen and oxygen atoms in total. The highest BCUT2D eigenvalue weighted by Crippen LogP contribution is 2.43. The van der Waals surface area contributed by atoms with Crippen molar-refractivity contribution in [2.75, 3.05) is 10.0 Å². The predicted molar refractivity (Wildman–Crippen MR) is 144 cm³/mol. The molecule has 1 aliphatic rings. The normalized spacial score (nSPS) is 14.3. The van der Waals surface area contributed by atoms with Crippen LogP contribution in [0.25, 0.3) is 11.3 Å². The molecule has 0 radical (unpaired) electrons. The number of hydrogen-bond acceptors (Lipinski definition) is 8. The van der Waals surface area contributed by atoms with Crippen LogP contribution in [-0.2, 0) is 10.0 Å². The third-order valence-electron chi connectivity index (χ3n) is 6.60. The SMILES string of the molecule is NC(=O)c1c(-c2ccc(NS(=O)(=O)C(F)F)c(OC(c3ccc(F)cc3)C3CCC3)c2)n[nH]c1Nc1cnccn1. The van der Waals surface area contributed by atoms with Crippen LogP contribution in [0.15, 0.2) is 61.1 Å². The number of hydrogen-bond donors (Lipinski definition) is 4. The lowest BCUT2D eigenvalue weighted by atomic mass is 9.78. The van der Waals surface area contributed by atoms with E-state index in [0.717, 1.165) is 19.3 Å². The summed E-state index contributed by atoms with van der Waals surface area (Å²) in [5.41, 5.74) is 6.33. The molecule has 0 saturated heterocycles. The van der Waals surface area contributed by atoms with Gasteiger partial charge in [0, 0.05) is 23.9 Å². The average Bonchev–Trinajstić information content (AvgIpc) is 3.33. The molecule has 15 heteroatoms. The number of sulfonamides is 1. The summed E-state index contributed by atoms with van der Waals surface area (Å²) >= 11 is 0. The van der Waals surface area contributed by atoms with Crippen molar-refractivity contribution in [1.29, 1.82) is 0 Å². The van der Waals surface area contributed by atoms with Gasteiger partial charge in [0.2, 0.25) is 0 Å². The van der Waals surface area contributed by atoms with Crippen molar-refractivity contribution >= 4 is 33.3 Å². The average molecular weight is 588 g/mol. The number of amides is 1. The van der Waals surface area contributed by atoms with Gasteiger partial charge in [0.05, 0.1) is 11.9 Å². The first-order valence-corrected chi connectivity index (χ1v) is 13.9. The monoisotopic (exact) mass is 587 g/mol. The zero-order chi connectivity index (χ0) is 29.1. The van der Waals surface area contributed by atoms with Crippen LogP contribution in [-0.4, -0.2) is 40.2 Å². The Hall–Kier alpha value is -4.66. The number of ether oxygens (including phenoxy) is 1. The first-order chi connectivity index (χ1) is 19.6. The van der Waals surface area contributed by atoms with Crippen LogP contribution in [0.3, 0.4) is 0 Å². The fourth-order valence-corrected chi connectivity index (χ4v) is 4.95. The molecule has 1 atom stereocenters. The number of anilines is 3. The van der Waals surface area contributed by atoms with E-state index >= 15 is 0 Å².